The van der Waals surface area contributed by atoms with Gasteiger partial charge in [0.25, 0.3) is 0 Å². The number of hydrogen-bond donors (Lipinski definition) is 1. The van der Waals surface area contributed by atoms with Crippen molar-refractivity contribution in [3.05, 3.63) is 64.7 Å². The summed E-state index contributed by atoms with van der Waals surface area (Å²) in [5, 5.41) is 3.67. The molecule has 0 atom stereocenters. The lowest BCUT2D eigenvalue weighted by molar-refractivity contribution is -0.129. The van der Waals surface area contributed by atoms with Crippen LogP contribution in [0, 0.1) is 11.8 Å². The van der Waals surface area contributed by atoms with Crippen LogP contribution in [0.3, 0.4) is 0 Å². The molecule has 0 saturated heterocycles. The molecular weight excluding hydrogens is 372 g/mol. The Bertz CT molecular complexity index is 874. The minimum Gasteiger partial charge on any atom is -0.352 e. The number of carbonyl (C=O) groups excluding carboxylic acids is 2. The first-order valence-corrected chi connectivity index (χ1v) is 10.4. The Kier molecular flexibility index (Phi) is 5.67. The van der Waals surface area contributed by atoms with Gasteiger partial charge in [0, 0.05) is 35.6 Å². The fourth-order valence-electron chi connectivity index (χ4n) is 4.36. The zero-order valence-corrected chi connectivity index (χ0v) is 16.6. The topological polar surface area (TPSA) is 49.4 Å². The molecule has 4 nitrogen and oxygen atoms in total. The van der Waals surface area contributed by atoms with E-state index < -0.39 is 0 Å². The fraction of sp³-hybridized carbons (Fsp3) is 0.391. The van der Waals surface area contributed by atoms with E-state index >= 15 is 0 Å². The summed E-state index contributed by atoms with van der Waals surface area (Å²) in [7, 11) is 0. The van der Waals surface area contributed by atoms with E-state index in [2.05, 4.69) is 11.4 Å². The maximum absolute atomic E-state index is 13.0. The van der Waals surface area contributed by atoms with Gasteiger partial charge in [-0.3, -0.25) is 9.59 Å². The molecular formula is C23H25ClN2O2. The second kappa shape index (κ2) is 8.36. The number of anilines is 1. The predicted molar refractivity (Wildman–Crippen MR) is 111 cm³/mol. The summed E-state index contributed by atoms with van der Waals surface area (Å²) in [4.78, 5) is 27.5. The fourth-order valence-corrected chi connectivity index (χ4v) is 4.56. The molecule has 2 amide bonds. The molecule has 0 aromatic heterocycles. The van der Waals surface area contributed by atoms with Gasteiger partial charge in [-0.15, -0.1) is 0 Å². The average molecular weight is 397 g/mol. The monoisotopic (exact) mass is 396 g/mol. The Hall–Kier alpha value is -2.33. The predicted octanol–water partition coefficient (Wildman–Crippen LogP) is 4.35. The molecule has 0 spiro atoms. The number of nitrogens with zero attached hydrogens (tertiary/aromatic N) is 1. The van der Waals surface area contributed by atoms with E-state index in [4.69, 9.17) is 11.6 Å². The van der Waals surface area contributed by atoms with E-state index in [1.807, 2.05) is 47.4 Å². The normalized spacial score (nSPS) is 21.2. The number of rotatable bonds is 4. The zero-order chi connectivity index (χ0) is 19.5. The molecule has 1 heterocycles. The highest BCUT2D eigenvalue weighted by Crippen LogP contribution is 2.34. The largest absolute Gasteiger partial charge is 0.352 e. The highest BCUT2D eigenvalue weighted by Gasteiger charge is 2.34. The summed E-state index contributed by atoms with van der Waals surface area (Å²) < 4.78 is 0. The maximum atomic E-state index is 13.0. The van der Waals surface area contributed by atoms with Crippen molar-refractivity contribution in [2.45, 2.75) is 38.6 Å². The molecule has 4 rings (SSSR count). The van der Waals surface area contributed by atoms with Gasteiger partial charge in [-0.25, -0.2) is 0 Å². The Morgan fingerprint density at radius 2 is 1.64 bits per heavy atom. The Labute approximate surface area is 170 Å². The molecule has 0 radical (unpaired) electrons. The number of carbonyl (C=O) groups is 2. The smallest absolute Gasteiger partial charge is 0.230 e. The summed E-state index contributed by atoms with van der Waals surface area (Å²) >= 11 is 6.15. The van der Waals surface area contributed by atoms with E-state index in [1.165, 1.54) is 5.56 Å². The third kappa shape index (κ3) is 3.93. The molecule has 0 unspecified atom stereocenters. The number of nitrogens with one attached hydrogen (secondary N) is 1. The molecule has 1 N–H and O–H groups in total. The van der Waals surface area contributed by atoms with E-state index in [0.29, 0.717) is 11.6 Å². The van der Waals surface area contributed by atoms with Gasteiger partial charge in [-0.1, -0.05) is 48.0 Å². The molecule has 2 aromatic carbocycles. The third-order valence-electron chi connectivity index (χ3n) is 6.01. The van der Waals surface area contributed by atoms with Gasteiger partial charge in [-0.2, -0.15) is 0 Å². The minimum atomic E-state index is -0.0163. The highest BCUT2D eigenvalue weighted by molar-refractivity contribution is 6.31. The Balaban J connectivity index is 1.29. The summed E-state index contributed by atoms with van der Waals surface area (Å²) in [5.74, 6) is 0.299. The number of hydrogen-bond acceptors (Lipinski definition) is 2. The van der Waals surface area contributed by atoms with Gasteiger partial charge in [-0.05, 0) is 55.4 Å². The van der Waals surface area contributed by atoms with Gasteiger partial charge in [0.15, 0.2) is 0 Å². The summed E-state index contributed by atoms with van der Waals surface area (Å²) in [6.07, 6.45) is 4.02. The first kappa shape index (κ1) is 19.0. The van der Waals surface area contributed by atoms with E-state index in [0.717, 1.165) is 49.9 Å². The molecule has 2 aromatic rings. The lowest BCUT2D eigenvalue weighted by atomic mass is 9.81. The van der Waals surface area contributed by atoms with Crippen molar-refractivity contribution in [3.8, 4) is 0 Å². The van der Waals surface area contributed by atoms with Gasteiger partial charge in [0.1, 0.15) is 0 Å². The van der Waals surface area contributed by atoms with Gasteiger partial charge < -0.3 is 10.2 Å². The number of benzene rings is 2. The van der Waals surface area contributed by atoms with Crippen LogP contribution in [0.25, 0.3) is 0 Å². The van der Waals surface area contributed by atoms with Crippen LogP contribution in [-0.2, 0) is 22.6 Å². The zero-order valence-electron chi connectivity index (χ0n) is 15.9. The lowest BCUT2D eigenvalue weighted by Crippen LogP contribution is -2.39. The van der Waals surface area contributed by atoms with Crippen molar-refractivity contribution in [1.29, 1.82) is 0 Å². The molecule has 5 heteroatoms. The van der Waals surface area contributed by atoms with Crippen molar-refractivity contribution < 1.29 is 9.59 Å². The third-order valence-corrected chi connectivity index (χ3v) is 6.38. The Morgan fingerprint density at radius 1 is 0.964 bits per heavy atom. The summed E-state index contributed by atoms with van der Waals surface area (Å²) in [6, 6.07) is 15.7. The van der Waals surface area contributed by atoms with Crippen LogP contribution >= 0.6 is 11.6 Å². The highest BCUT2D eigenvalue weighted by atomic mass is 35.5. The first-order chi connectivity index (χ1) is 13.6. The van der Waals surface area contributed by atoms with Crippen molar-refractivity contribution in [2.75, 3.05) is 11.4 Å². The SMILES string of the molecule is O=C(NCc1ccccc1Cl)C1CCC(C(=O)N2CCc3ccccc32)CC1. The quantitative estimate of drug-likeness (QED) is 0.835. The molecule has 146 valence electrons. The number of fused-ring (bicyclic) bond motifs is 1. The van der Waals surface area contributed by atoms with Crippen molar-refractivity contribution >= 4 is 29.1 Å². The van der Waals surface area contributed by atoms with Crippen LogP contribution in [0.1, 0.15) is 36.8 Å². The van der Waals surface area contributed by atoms with Crippen molar-refractivity contribution in [1.82, 2.24) is 5.32 Å². The van der Waals surface area contributed by atoms with Gasteiger partial charge in [0.05, 0.1) is 0 Å². The molecule has 1 saturated carbocycles. The molecule has 1 aliphatic carbocycles. The number of halogens is 1. The van der Waals surface area contributed by atoms with Crippen LogP contribution in [0.5, 0.6) is 0 Å². The van der Waals surface area contributed by atoms with Crippen LogP contribution in [-0.4, -0.2) is 18.4 Å². The van der Waals surface area contributed by atoms with E-state index in [1.54, 1.807) is 0 Å². The molecule has 28 heavy (non-hydrogen) atoms. The standard InChI is InChI=1S/C23H25ClN2O2/c24-20-7-3-1-6-19(20)15-25-22(27)17-9-11-18(12-10-17)23(28)26-14-13-16-5-2-4-8-21(16)26/h1-8,17-18H,9-15H2,(H,25,27). The van der Waals surface area contributed by atoms with Crippen LogP contribution in [0.15, 0.2) is 48.5 Å². The maximum Gasteiger partial charge on any atom is 0.230 e. The van der Waals surface area contributed by atoms with Crippen LogP contribution < -0.4 is 10.2 Å². The second-order valence-corrected chi connectivity index (χ2v) is 8.13. The van der Waals surface area contributed by atoms with Crippen molar-refractivity contribution in [2.24, 2.45) is 11.8 Å². The summed E-state index contributed by atoms with van der Waals surface area (Å²) in [5.41, 5.74) is 3.24. The first-order valence-electron chi connectivity index (χ1n) is 10.0. The van der Waals surface area contributed by atoms with Crippen molar-refractivity contribution in [3.63, 3.8) is 0 Å². The average Bonchev–Trinajstić information content (AvgIpc) is 3.17. The van der Waals surface area contributed by atoms with E-state index in [9.17, 15) is 9.59 Å². The Morgan fingerprint density at radius 3 is 2.43 bits per heavy atom. The van der Waals surface area contributed by atoms with Crippen LogP contribution in [0.4, 0.5) is 5.69 Å². The molecule has 0 bridgehead atoms. The molecule has 1 fully saturated rings. The number of amides is 2. The number of para-hydroxylation sites is 1. The van der Waals surface area contributed by atoms with Gasteiger partial charge >= 0.3 is 0 Å². The van der Waals surface area contributed by atoms with E-state index in [-0.39, 0.29) is 23.7 Å². The molecule has 1 aliphatic heterocycles. The molecule has 2 aliphatic rings. The van der Waals surface area contributed by atoms with Gasteiger partial charge in [0.2, 0.25) is 11.8 Å². The lowest BCUT2D eigenvalue weighted by Gasteiger charge is -2.30. The second-order valence-electron chi connectivity index (χ2n) is 7.73. The minimum absolute atomic E-state index is 0.0163. The summed E-state index contributed by atoms with van der Waals surface area (Å²) in [6.45, 7) is 1.22. The van der Waals surface area contributed by atoms with Crippen LogP contribution in [0.2, 0.25) is 5.02 Å².